The Bertz CT molecular complexity index is 1030. The van der Waals surface area contributed by atoms with Crippen molar-refractivity contribution in [2.45, 2.75) is 19.5 Å². The van der Waals surface area contributed by atoms with Crippen LogP contribution in [0.15, 0.2) is 6.07 Å². The Morgan fingerprint density at radius 1 is 1.41 bits per heavy atom. The minimum Gasteiger partial charge on any atom is -0.492 e. The average Bonchev–Trinajstić information content (AvgIpc) is 3.31. The molecule has 1 aromatic heterocycles. The zero-order chi connectivity index (χ0) is 20.7. The van der Waals surface area contributed by atoms with Gasteiger partial charge in [0.15, 0.2) is 11.5 Å². The van der Waals surface area contributed by atoms with Crippen molar-refractivity contribution in [3.63, 3.8) is 0 Å². The van der Waals surface area contributed by atoms with E-state index in [0.717, 1.165) is 24.1 Å². The summed E-state index contributed by atoms with van der Waals surface area (Å²) in [6.07, 6.45) is 0.567. The summed E-state index contributed by atoms with van der Waals surface area (Å²) in [5.74, 6) is 1.45. The topological polar surface area (TPSA) is 93.1 Å². The van der Waals surface area contributed by atoms with Crippen LogP contribution < -0.4 is 19.5 Å². The van der Waals surface area contributed by atoms with E-state index in [0.29, 0.717) is 38.3 Å². The van der Waals surface area contributed by atoms with E-state index in [1.807, 2.05) is 13.1 Å². The molecule has 3 heterocycles. The summed E-state index contributed by atoms with van der Waals surface area (Å²) in [5, 5.41) is 13.7. The lowest BCUT2D eigenvalue weighted by molar-refractivity contribution is 0.0605. The Labute approximate surface area is 172 Å². The van der Waals surface area contributed by atoms with Gasteiger partial charge in [-0.1, -0.05) is 0 Å². The first-order valence-electron chi connectivity index (χ1n) is 9.08. The van der Waals surface area contributed by atoms with E-state index in [-0.39, 0.29) is 13.0 Å². The van der Waals surface area contributed by atoms with Crippen LogP contribution in [0.2, 0.25) is 0 Å². The molecule has 1 atom stereocenters. The van der Waals surface area contributed by atoms with E-state index in [1.165, 1.54) is 18.4 Å². The van der Waals surface area contributed by atoms with Gasteiger partial charge in [-0.05, 0) is 37.6 Å². The van der Waals surface area contributed by atoms with Gasteiger partial charge in [0.25, 0.3) is 0 Å². The summed E-state index contributed by atoms with van der Waals surface area (Å²) in [5.41, 5.74) is 3.10. The number of benzene rings is 1. The molecule has 0 aliphatic carbocycles. The number of esters is 1. The number of nitrogens with one attached hydrogen (secondary N) is 1. The maximum absolute atomic E-state index is 12.1. The van der Waals surface area contributed by atoms with Crippen molar-refractivity contribution in [3.05, 3.63) is 33.2 Å². The molecule has 1 unspecified atom stereocenters. The number of rotatable bonds is 4. The summed E-state index contributed by atoms with van der Waals surface area (Å²) in [4.78, 5) is 14.6. The minimum atomic E-state index is -0.449. The summed E-state index contributed by atoms with van der Waals surface area (Å²) in [7, 11) is 4.94. The first kappa shape index (κ1) is 19.4. The fourth-order valence-corrected chi connectivity index (χ4v) is 4.87. The SMILES string of the molecule is COC(=O)c1sc(NC2c3c(cc4c(c3OC)OCO4)CCN2C)c(C#N)c1C. The van der Waals surface area contributed by atoms with E-state index in [9.17, 15) is 10.1 Å². The van der Waals surface area contributed by atoms with Crippen LogP contribution in [0.1, 0.15) is 38.1 Å². The molecule has 0 amide bonds. The van der Waals surface area contributed by atoms with E-state index < -0.39 is 5.97 Å². The Morgan fingerprint density at radius 2 is 2.21 bits per heavy atom. The van der Waals surface area contributed by atoms with Gasteiger partial charge < -0.3 is 24.3 Å². The van der Waals surface area contributed by atoms with Crippen molar-refractivity contribution in [1.82, 2.24) is 4.90 Å². The van der Waals surface area contributed by atoms with Gasteiger partial charge in [-0.15, -0.1) is 11.3 Å². The molecule has 2 aliphatic rings. The Hall–Kier alpha value is -2.96. The second-order valence-corrected chi connectivity index (χ2v) is 7.88. The van der Waals surface area contributed by atoms with E-state index in [4.69, 9.17) is 18.9 Å². The van der Waals surface area contributed by atoms with Gasteiger partial charge in [-0.2, -0.15) is 5.26 Å². The standard InChI is InChI=1S/C20H21N3O5S/c1-10-12(8-21)19(29-17(10)20(24)26-4)22-18-14-11(5-6-23(18)2)7-13-15(16(14)25-3)28-9-27-13/h7,18,22H,5-6,9H2,1-4H3. The monoisotopic (exact) mass is 415 g/mol. The van der Waals surface area contributed by atoms with Crippen LogP contribution >= 0.6 is 11.3 Å². The third kappa shape index (κ3) is 3.05. The lowest BCUT2D eigenvalue weighted by Crippen LogP contribution is -2.37. The van der Waals surface area contributed by atoms with Crippen molar-refractivity contribution in [1.29, 1.82) is 5.26 Å². The van der Waals surface area contributed by atoms with Crippen LogP contribution in [0.5, 0.6) is 17.2 Å². The van der Waals surface area contributed by atoms with Crippen LogP contribution in [0, 0.1) is 18.3 Å². The quantitative estimate of drug-likeness (QED) is 0.762. The van der Waals surface area contributed by atoms with Gasteiger partial charge in [0.2, 0.25) is 12.5 Å². The summed E-state index contributed by atoms with van der Waals surface area (Å²) >= 11 is 1.22. The van der Waals surface area contributed by atoms with Crippen molar-refractivity contribution < 1.29 is 23.7 Å². The highest BCUT2D eigenvalue weighted by Crippen LogP contribution is 2.50. The molecule has 1 N–H and O–H groups in total. The average molecular weight is 415 g/mol. The maximum Gasteiger partial charge on any atom is 0.348 e. The van der Waals surface area contributed by atoms with Crippen molar-refractivity contribution in [2.24, 2.45) is 0 Å². The van der Waals surface area contributed by atoms with Crippen LogP contribution in [0.3, 0.4) is 0 Å². The zero-order valence-electron chi connectivity index (χ0n) is 16.6. The third-order valence-electron chi connectivity index (χ3n) is 5.29. The van der Waals surface area contributed by atoms with Crippen molar-refractivity contribution in [3.8, 4) is 23.3 Å². The molecule has 0 saturated heterocycles. The second kappa shape index (κ2) is 7.46. The molecule has 2 aliphatic heterocycles. The first-order valence-corrected chi connectivity index (χ1v) is 9.89. The molecule has 1 aromatic carbocycles. The van der Waals surface area contributed by atoms with Crippen LogP contribution in [0.4, 0.5) is 5.00 Å². The molecule has 0 bridgehead atoms. The fraction of sp³-hybridized carbons (Fsp3) is 0.400. The van der Waals surface area contributed by atoms with E-state index in [1.54, 1.807) is 14.0 Å². The van der Waals surface area contributed by atoms with Gasteiger partial charge in [0.05, 0.1) is 19.8 Å². The molecule has 9 heteroatoms. The van der Waals surface area contributed by atoms with Gasteiger partial charge in [0.1, 0.15) is 22.1 Å². The molecular formula is C20H21N3O5S. The molecular weight excluding hydrogens is 394 g/mol. The molecule has 29 heavy (non-hydrogen) atoms. The number of likely N-dealkylation sites (N-methyl/N-ethyl adjacent to an activating group) is 1. The fourth-order valence-electron chi connectivity index (χ4n) is 3.78. The van der Waals surface area contributed by atoms with E-state index >= 15 is 0 Å². The number of fused-ring (bicyclic) bond motifs is 2. The minimum absolute atomic E-state index is 0.160. The Kier molecular flexibility index (Phi) is 4.98. The van der Waals surface area contributed by atoms with Gasteiger partial charge in [-0.25, -0.2) is 4.79 Å². The molecule has 0 fully saturated rings. The number of hydrogen-bond donors (Lipinski definition) is 1. The van der Waals surface area contributed by atoms with Gasteiger partial charge >= 0.3 is 5.97 Å². The first-order chi connectivity index (χ1) is 14.0. The number of anilines is 1. The normalized spacial score (nSPS) is 17.4. The summed E-state index contributed by atoms with van der Waals surface area (Å²) in [6.45, 7) is 2.72. The highest BCUT2D eigenvalue weighted by atomic mass is 32.1. The van der Waals surface area contributed by atoms with Gasteiger partial charge in [-0.3, -0.25) is 4.90 Å². The highest BCUT2D eigenvalue weighted by Gasteiger charge is 2.35. The zero-order valence-corrected chi connectivity index (χ0v) is 17.4. The Balaban J connectivity index is 1.81. The number of thiophene rings is 1. The number of nitrogens with zero attached hydrogens (tertiary/aromatic N) is 2. The molecule has 4 rings (SSSR count). The molecule has 152 valence electrons. The maximum atomic E-state index is 12.1. The van der Waals surface area contributed by atoms with Gasteiger partial charge in [0, 0.05) is 12.1 Å². The lowest BCUT2D eigenvalue weighted by Gasteiger charge is -2.36. The molecule has 0 radical (unpaired) electrons. The molecule has 2 aromatic rings. The number of nitriles is 1. The second-order valence-electron chi connectivity index (χ2n) is 6.86. The molecule has 0 spiro atoms. The number of hydrogen-bond acceptors (Lipinski definition) is 9. The highest BCUT2D eigenvalue weighted by molar-refractivity contribution is 7.18. The number of methoxy groups -OCH3 is 2. The number of carbonyl (C=O) groups is 1. The lowest BCUT2D eigenvalue weighted by atomic mass is 9.95. The summed E-state index contributed by atoms with van der Waals surface area (Å²) < 4.78 is 21.7. The van der Waals surface area contributed by atoms with Crippen LogP contribution in [-0.4, -0.2) is 45.5 Å². The summed E-state index contributed by atoms with van der Waals surface area (Å²) in [6, 6.07) is 4.20. The van der Waals surface area contributed by atoms with Crippen LogP contribution in [-0.2, 0) is 11.2 Å². The predicted octanol–water partition coefficient (Wildman–Crippen LogP) is 3.05. The number of carbonyl (C=O) groups excluding carboxylic acids is 1. The molecule has 8 nitrogen and oxygen atoms in total. The largest absolute Gasteiger partial charge is 0.492 e. The van der Waals surface area contributed by atoms with Crippen molar-refractivity contribution >= 4 is 22.3 Å². The molecule has 0 saturated carbocycles. The Morgan fingerprint density at radius 3 is 2.90 bits per heavy atom. The van der Waals surface area contributed by atoms with Crippen LogP contribution in [0.25, 0.3) is 0 Å². The van der Waals surface area contributed by atoms with E-state index in [2.05, 4.69) is 16.3 Å². The number of ether oxygens (including phenoxy) is 4. The van der Waals surface area contributed by atoms with Crippen molar-refractivity contribution in [2.75, 3.05) is 39.9 Å². The predicted molar refractivity (Wildman–Crippen MR) is 107 cm³/mol. The third-order valence-corrected chi connectivity index (χ3v) is 6.50. The smallest absolute Gasteiger partial charge is 0.348 e.